The monoisotopic (exact) mass is 259 g/mol. The molecule has 0 aliphatic rings. The van der Waals surface area contributed by atoms with Gasteiger partial charge in [0, 0.05) is 5.69 Å². The molecule has 5 heteroatoms. The molecule has 0 aliphatic carbocycles. The molecule has 1 rings (SSSR count). The molecule has 0 fully saturated rings. The van der Waals surface area contributed by atoms with Crippen LogP contribution in [0.3, 0.4) is 0 Å². The Balaban J connectivity index is 2.94. The molecule has 0 bridgehead atoms. The maximum Gasteiger partial charge on any atom is 0.178 e. The van der Waals surface area contributed by atoms with Crippen LogP contribution in [0.25, 0.3) is 0 Å². The summed E-state index contributed by atoms with van der Waals surface area (Å²) in [7, 11) is -3.18. The highest BCUT2D eigenvalue weighted by molar-refractivity contribution is 7.98. The van der Waals surface area contributed by atoms with Gasteiger partial charge in [0.15, 0.2) is 9.84 Å². The summed E-state index contributed by atoms with van der Waals surface area (Å²) in [5.41, 5.74) is 6.90. The van der Waals surface area contributed by atoms with Crippen LogP contribution in [0.2, 0.25) is 0 Å². The Morgan fingerprint density at radius 3 is 2.69 bits per heavy atom. The first-order valence-electron chi connectivity index (χ1n) is 5.06. The molecule has 0 spiro atoms. The van der Waals surface area contributed by atoms with Crippen molar-refractivity contribution in [3.05, 3.63) is 23.8 Å². The standard InChI is InChI=1S/C11H17NO2S2/c1-9-10(12)5-3-6-11(9)16(13,14)8-4-7-15-2/h3,5-6H,4,7-8,12H2,1-2H3. The fourth-order valence-electron chi connectivity index (χ4n) is 1.47. The van der Waals surface area contributed by atoms with Crippen LogP contribution in [-0.2, 0) is 9.84 Å². The van der Waals surface area contributed by atoms with E-state index < -0.39 is 9.84 Å². The number of hydrogen-bond donors (Lipinski definition) is 1. The quantitative estimate of drug-likeness (QED) is 0.650. The van der Waals surface area contributed by atoms with Gasteiger partial charge in [0.2, 0.25) is 0 Å². The van der Waals surface area contributed by atoms with Crippen LogP contribution < -0.4 is 5.73 Å². The van der Waals surface area contributed by atoms with Gasteiger partial charge in [-0.05, 0) is 43.0 Å². The molecule has 3 nitrogen and oxygen atoms in total. The van der Waals surface area contributed by atoms with Gasteiger partial charge in [-0.2, -0.15) is 11.8 Å². The molecular formula is C11H17NO2S2. The third-order valence-corrected chi connectivity index (χ3v) is 5.06. The lowest BCUT2D eigenvalue weighted by Crippen LogP contribution is -2.10. The molecule has 1 aromatic rings. The lowest BCUT2D eigenvalue weighted by Gasteiger charge is -2.09. The number of anilines is 1. The average molecular weight is 259 g/mol. The van der Waals surface area contributed by atoms with E-state index in [4.69, 9.17) is 5.73 Å². The summed E-state index contributed by atoms with van der Waals surface area (Å²) in [5, 5.41) is 0. The van der Waals surface area contributed by atoms with Crippen molar-refractivity contribution in [2.45, 2.75) is 18.2 Å². The fraction of sp³-hybridized carbons (Fsp3) is 0.455. The van der Waals surface area contributed by atoms with E-state index in [2.05, 4.69) is 0 Å². The summed E-state index contributed by atoms with van der Waals surface area (Å²) in [6.45, 7) is 1.75. The Morgan fingerprint density at radius 2 is 2.06 bits per heavy atom. The Labute approximate surface area is 101 Å². The number of thioether (sulfide) groups is 1. The van der Waals surface area contributed by atoms with E-state index in [0.717, 1.165) is 5.75 Å². The Hall–Kier alpha value is -0.680. The van der Waals surface area contributed by atoms with E-state index in [9.17, 15) is 8.42 Å². The zero-order valence-corrected chi connectivity index (χ0v) is 11.2. The van der Waals surface area contributed by atoms with E-state index in [1.54, 1.807) is 36.9 Å². The molecule has 0 aromatic heterocycles. The lowest BCUT2D eigenvalue weighted by atomic mass is 10.2. The average Bonchev–Trinajstić information content (AvgIpc) is 2.22. The fourth-order valence-corrected chi connectivity index (χ4v) is 3.70. The number of nitrogen functional groups attached to an aromatic ring is 1. The molecule has 0 unspecified atom stereocenters. The maximum atomic E-state index is 12.0. The van der Waals surface area contributed by atoms with Gasteiger partial charge in [-0.15, -0.1) is 0 Å². The number of nitrogens with two attached hydrogens (primary N) is 1. The minimum Gasteiger partial charge on any atom is -0.398 e. The first kappa shape index (κ1) is 13.4. The molecule has 2 N–H and O–H groups in total. The van der Waals surface area contributed by atoms with Gasteiger partial charge in [0.25, 0.3) is 0 Å². The third-order valence-electron chi connectivity index (χ3n) is 2.42. The molecule has 0 heterocycles. The van der Waals surface area contributed by atoms with Gasteiger partial charge in [0.05, 0.1) is 10.6 Å². The second-order valence-corrected chi connectivity index (χ2v) is 6.70. The van der Waals surface area contributed by atoms with E-state index in [0.29, 0.717) is 22.6 Å². The van der Waals surface area contributed by atoms with Crippen LogP contribution in [0.5, 0.6) is 0 Å². The summed E-state index contributed by atoms with van der Waals surface area (Å²) >= 11 is 1.66. The Morgan fingerprint density at radius 1 is 1.38 bits per heavy atom. The zero-order valence-electron chi connectivity index (χ0n) is 9.56. The smallest absolute Gasteiger partial charge is 0.178 e. The van der Waals surface area contributed by atoms with Crippen molar-refractivity contribution in [2.24, 2.45) is 0 Å². The van der Waals surface area contributed by atoms with Crippen LogP contribution in [-0.4, -0.2) is 26.2 Å². The van der Waals surface area contributed by atoms with Crippen molar-refractivity contribution in [1.29, 1.82) is 0 Å². The van der Waals surface area contributed by atoms with Gasteiger partial charge in [-0.3, -0.25) is 0 Å². The van der Waals surface area contributed by atoms with Crippen molar-refractivity contribution in [1.82, 2.24) is 0 Å². The molecule has 0 amide bonds. The van der Waals surface area contributed by atoms with Gasteiger partial charge in [-0.1, -0.05) is 6.07 Å². The van der Waals surface area contributed by atoms with Crippen LogP contribution in [0.15, 0.2) is 23.1 Å². The summed E-state index contributed by atoms with van der Waals surface area (Å²) in [6, 6.07) is 5.03. The van der Waals surface area contributed by atoms with Crippen molar-refractivity contribution >= 4 is 27.3 Å². The maximum absolute atomic E-state index is 12.0. The lowest BCUT2D eigenvalue weighted by molar-refractivity contribution is 0.594. The summed E-state index contributed by atoms with van der Waals surface area (Å²) in [5.74, 6) is 1.05. The minimum atomic E-state index is -3.18. The second kappa shape index (κ2) is 5.59. The molecule has 0 aliphatic heterocycles. The molecular weight excluding hydrogens is 242 g/mol. The molecule has 0 atom stereocenters. The first-order valence-corrected chi connectivity index (χ1v) is 8.10. The van der Waals surface area contributed by atoms with Crippen LogP contribution in [0.1, 0.15) is 12.0 Å². The number of hydrogen-bond acceptors (Lipinski definition) is 4. The van der Waals surface area contributed by atoms with Crippen molar-refractivity contribution < 1.29 is 8.42 Å². The number of rotatable bonds is 5. The Kier molecular flexibility index (Phi) is 4.68. The van der Waals surface area contributed by atoms with Crippen molar-refractivity contribution in [2.75, 3.05) is 23.5 Å². The van der Waals surface area contributed by atoms with E-state index in [1.807, 2.05) is 6.26 Å². The first-order chi connectivity index (χ1) is 7.49. The van der Waals surface area contributed by atoms with Crippen LogP contribution in [0.4, 0.5) is 5.69 Å². The topological polar surface area (TPSA) is 60.2 Å². The molecule has 0 saturated carbocycles. The molecule has 90 valence electrons. The van der Waals surface area contributed by atoms with Gasteiger partial charge in [0.1, 0.15) is 0 Å². The normalized spacial score (nSPS) is 11.6. The van der Waals surface area contributed by atoms with E-state index >= 15 is 0 Å². The summed E-state index contributed by atoms with van der Waals surface area (Å²) in [6.07, 6.45) is 2.65. The molecule has 0 radical (unpaired) electrons. The summed E-state index contributed by atoms with van der Waals surface area (Å²) < 4.78 is 24.0. The predicted octanol–water partition coefficient (Wildman–Crippen LogP) is 2.10. The van der Waals surface area contributed by atoms with Gasteiger partial charge < -0.3 is 5.73 Å². The zero-order chi connectivity index (χ0) is 12.2. The highest BCUT2D eigenvalue weighted by Crippen LogP contribution is 2.22. The number of sulfone groups is 1. The minimum absolute atomic E-state index is 0.193. The van der Waals surface area contributed by atoms with Gasteiger partial charge >= 0.3 is 0 Å². The molecule has 0 saturated heterocycles. The largest absolute Gasteiger partial charge is 0.398 e. The van der Waals surface area contributed by atoms with E-state index in [1.165, 1.54) is 0 Å². The van der Waals surface area contributed by atoms with Crippen LogP contribution in [0, 0.1) is 6.92 Å². The Bertz CT molecular complexity index is 455. The highest BCUT2D eigenvalue weighted by atomic mass is 32.2. The molecule has 16 heavy (non-hydrogen) atoms. The van der Waals surface area contributed by atoms with Gasteiger partial charge in [-0.25, -0.2) is 8.42 Å². The third kappa shape index (κ3) is 3.15. The highest BCUT2D eigenvalue weighted by Gasteiger charge is 2.17. The SMILES string of the molecule is CSCCCS(=O)(=O)c1cccc(N)c1C. The van der Waals surface area contributed by atoms with Crippen LogP contribution >= 0.6 is 11.8 Å². The van der Waals surface area contributed by atoms with Crippen molar-refractivity contribution in [3.63, 3.8) is 0 Å². The molecule has 1 aromatic carbocycles. The number of benzene rings is 1. The van der Waals surface area contributed by atoms with Crippen molar-refractivity contribution in [3.8, 4) is 0 Å². The summed E-state index contributed by atoms with van der Waals surface area (Å²) in [4.78, 5) is 0.369. The predicted molar refractivity (Wildman–Crippen MR) is 70.6 cm³/mol. The van der Waals surface area contributed by atoms with E-state index in [-0.39, 0.29) is 5.75 Å². The second-order valence-electron chi connectivity index (χ2n) is 3.64.